The first-order valence-electron chi connectivity index (χ1n) is 6.81. The standard InChI is InChI=1S/C16H10ClFN2O3S/c17-12-3-1-8(7-18)5-10(12)13-4-2-9(23-13)6-11-14(21)19-16(24)20-15(11)22/h1-6H,7H2,(H2,19,20,21,22,24). The quantitative estimate of drug-likeness (QED) is 0.499. The number of thiocarbonyl (C=S) groups is 1. The maximum atomic E-state index is 12.8. The van der Waals surface area contributed by atoms with Crippen LogP contribution in [0, 0.1) is 0 Å². The van der Waals surface area contributed by atoms with E-state index in [0.717, 1.165) is 0 Å². The third-order valence-corrected chi connectivity index (χ3v) is 3.84. The molecule has 1 aliphatic heterocycles. The van der Waals surface area contributed by atoms with Crippen molar-refractivity contribution in [3.8, 4) is 11.3 Å². The number of alkyl halides is 1. The number of amides is 2. The Hall–Kier alpha value is -2.51. The van der Waals surface area contributed by atoms with Crippen LogP contribution in [0.25, 0.3) is 17.4 Å². The van der Waals surface area contributed by atoms with Gasteiger partial charge >= 0.3 is 0 Å². The van der Waals surface area contributed by atoms with Crippen molar-refractivity contribution in [1.82, 2.24) is 10.6 Å². The summed E-state index contributed by atoms with van der Waals surface area (Å²) in [6, 6.07) is 7.94. The number of hydrogen-bond donors (Lipinski definition) is 2. The summed E-state index contributed by atoms with van der Waals surface area (Å²) in [5.74, 6) is -0.549. The van der Waals surface area contributed by atoms with E-state index in [1.54, 1.807) is 30.3 Å². The smallest absolute Gasteiger partial charge is 0.263 e. The molecule has 5 nitrogen and oxygen atoms in total. The molecule has 1 fully saturated rings. The lowest BCUT2D eigenvalue weighted by Gasteiger charge is -2.15. The lowest BCUT2D eigenvalue weighted by Crippen LogP contribution is -2.51. The SMILES string of the molecule is O=C1NC(=S)NC(=O)C1=Cc1ccc(-c2cc(CF)ccc2Cl)o1. The fraction of sp³-hybridized carbons (Fsp3) is 0.0625. The summed E-state index contributed by atoms with van der Waals surface area (Å²) >= 11 is 10.8. The topological polar surface area (TPSA) is 71.3 Å². The van der Waals surface area contributed by atoms with Crippen molar-refractivity contribution < 1.29 is 18.4 Å². The maximum Gasteiger partial charge on any atom is 0.263 e. The minimum absolute atomic E-state index is 0.0443. The van der Waals surface area contributed by atoms with Crippen molar-refractivity contribution in [2.75, 3.05) is 0 Å². The molecule has 0 spiro atoms. The molecule has 1 aromatic carbocycles. The fourth-order valence-corrected chi connectivity index (χ4v) is 2.56. The number of rotatable bonds is 3. The number of hydrogen-bond acceptors (Lipinski definition) is 4. The second kappa shape index (κ2) is 6.54. The zero-order valence-corrected chi connectivity index (χ0v) is 13.6. The number of nitrogens with one attached hydrogen (secondary N) is 2. The van der Waals surface area contributed by atoms with Crippen LogP contribution >= 0.6 is 23.8 Å². The number of benzene rings is 1. The van der Waals surface area contributed by atoms with E-state index < -0.39 is 18.5 Å². The Bertz CT molecular complexity index is 869. The lowest BCUT2D eigenvalue weighted by atomic mass is 10.1. The molecule has 0 saturated carbocycles. The van der Waals surface area contributed by atoms with Crippen LogP contribution in [0.15, 0.2) is 40.3 Å². The Balaban J connectivity index is 1.94. The van der Waals surface area contributed by atoms with Crippen molar-refractivity contribution >= 4 is 46.8 Å². The molecule has 1 saturated heterocycles. The van der Waals surface area contributed by atoms with Gasteiger partial charge in [-0.2, -0.15) is 0 Å². The van der Waals surface area contributed by atoms with E-state index in [2.05, 4.69) is 10.6 Å². The third kappa shape index (κ3) is 3.22. The molecule has 0 radical (unpaired) electrons. The van der Waals surface area contributed by atoms with E-state index in [9.17, 15) is 14.0 Å². The van der Waals surface area contributed by atoms with Crippen molar-refractivity contribution in [3.63, 3.8) is 0 Å². The molecule has 0 atom stereocenters. The van der Waals surface area contributed by atoms with Crippen LogP contribution in [0.3, 0.4) is 0 Å². The van der Waals surface area contributed by atoms with Gasteiger partial charge in [0.2, 0.25) is 0 Å². The second-order valence-corrected chi connectivity index (χ2v) is 5.76. The highest BCUT2D eigenvalue weighted by molar-refractivity contribution is 7.80. The van der Waals surface area contributed by atoms with E-state index in [-0.39, 0.29) is 16.4 Å². The van der Waals surface area contributed by atoms with Crippen LogP contribution in [0.2, 0.25) is 5.02 Å². The molecule has 3 rings (SSSR count). The van der Waals surface area contributed by atoms with Gasteiger partial charge in [0.1, 0.15) is 23.8 Å². The van der Waals surface area contributed by atoms with E-state index in [1.165, 1.54) is 6.08 Å². The van der Waals surface area contributed by atoms with Gasteiger partial charge in [-0.1, -0.05) is 17.7 Å². The minimum Gasteiger partial charge on any atom is -0.457 e. The van der Waals surface area contributed by atoms with E-state index >= 15 is 0 Å². The van der Waals surface area contributed by atoms with Crippen LogP contribution in [0.1, 0.15) is 11.3 Å². The monoisotopic (exact) mass is 364 g/mol. The average Bonchev–Trinajstić information content (AvgIpc) is 3.00. The predicted molar refractivity (Wildman–Crippen MR) is 90.8 cm³/mol. The van der Waals surface area contributed by atoms with Gasteiger partial charge in [-0.15, -0.1) is 0 Å². The van der Waals surface area contributed by atoms with Crippen molar-refractivity contribution in [1.29, 1.82) is 0 Å². The summed E-state index contributed by atoms with van der Waals surface area (Å²) in [5.41, 5.74) is 0.855. The number of carbonyl (C=O) groups excluding carboxylic acids is 2. The molecule has 0 unspecified atom stereocenters. The molecular weight excluding hydrogens is 355 g/mol. The van der Waals surface area contributed by atoms with Crippen LogP contribution in [0.4, 0.5) is 4.39 Å². The minimum atomic E-state index is -0.623. The highest BCUT2D eigenvalue weighted by atomic mass is 35.5. The maximum absolute atomic E-state index is 12.8. The normalized spacial score (nSPS) is 14.4. The Morgan fingerprint density at radius 1 is 1.17 bits per heavy atom. The average molecular weight is 365 g/mol. The third-order valence-electron chi connectivity index (χ3n) is 3.31. The Morgan fingerprint density at radius 3 is 2.54 bits per heavy atom. The molecule has 1 aromatic heterocycles. The van der Waals surface area contributed by atoms with Crippen LogP contribution in [-0.2, 0) is 16.3 Å². The largest absolute Gasteiger partial charge is 0.457 e. The summed E-state index contributed by atoms with van der Waals surface area (Å²) in [6.45, 7) is -0.623. The summed E-state index contributed by atoms with van der Waals surface area (Å²) in [7, 11) is 0. The van der Waals surface area contributed by atoms with Crippen LogP contribution in [-0.4, -0.2) is 16.9 Å². The molecule has 2 amide bonds. The Kier molecular flexibility index (Phi) is 4.46. The lowest BCUT2D eigenvalue weighted by molar-refractivity contribution is -0.123. The number of furan rings is 1. The molecule has 0 bridgehead atoms. The zero-order valence-electron chi connectivity index (χ0n) is 12.1. The number of halogens is 2. The Morgan fingerprint density at radius 2 is 1.88 bits per heavy atom. The summed E-state index contributed by atoms with van der Waals surface area (Å²) in [5, 5.41) is 5.02. The van der Waals surface area contributed by atoms with Gasteiger partial charge in [-0.3, -0.25) is 20.2 Å². The first-order chi connectivity index (χ1) is 11.5. The molecule has 2 heterocycles. The van der Waals surface area contributed by atoms with Gasteiger partial charge in [0.15, 0.2) is 5.11 Å². The Labute approximate surface area is 146 Å². The summed E-state index contributed by atoms with van der Waals surface area (Å²) < 4.78 is 18.4. The fourth-order valence-electron chi connectivity index (χ4n) is 2.17. The van der Waals surface area contributed by atoms with E-state index in [1.807, 2.05) is 0 Å². The molecule has 1 aliphatic rings. The van der Waals surface area contributed by atoms with Crippen molar-refractivity contribution in [2.45, 2.75) is 6.67 Å². The predicted octanol–water partition coefficient (Wildman–Crippen LogP) is 2.98. The molecule has 2 N–H and O–H groups in total. The van der Waals surface area contributed by atoms with Gasteiger partial charge in [0.25, 0.3) is 11.8 Å². The molecule has 8 heteroatoms. The highest BCUT2D eigenvalue weighted by Crippen LogP contribution is 2.31. The molecule has 24 heavy (non-hydrogen) atoms. The van der Waals surface area contributed by atoms with Gasteiger partial charge in [-0.25, -0.2) is 4.39 Å². The van der Waals surface area contributed by atoms with Crippen LogP contribution < -0.4 is 10.6 Å². The van der Waals surface area contributed by atoms with Crippen LogP contribution in [0.5, 0.6) is 0 Å². The molecule has 0 aliphatic carbocycles. The van der Waals surface area contributed by atoms with E-state index in [0.29, 0.717) is 21.9 Å². The van der Waals surface area contributed by atoms with Crippen molar-refractivity contribution in [2.24, 2.45) is 0 Å². The van der Waals surface area contributed by atoms with Gasteiger partial charge in [0.05, 0.1) is 5.02 Å². The summed E-state index contributed by atoms with van der Waals surface area (Å²) in [4.78, 5) is 23.6. The molecule has 2 aromatic rings. The first kappa shape index (κ1) is 16.4. The first-order valence-corrected chi connectivity index (χ1v) is 7.59. The van der Waals surface area contributed by atoms with Crippen molar-refractivity contribution in [3.05, 3.63) is 52.3 Å². The molecule has 122 valence electrons. The van der Waals surface area contributed by atoms with Gasteiger partial charge in [-0.05, 0) is 48.1 Å². The van der Waals surface area contributed by atoms with Gasteiger partial charge in [0, 0.05) is 5.56 Å². The van der Waals surface area contributed by atoms with E-state index in [4.69, 9.17) is 28.2 Å². The summed E-state index contributed by atoms with van der Waals surface area (Å²) in [6.07, 6.45) is 1.29. The number of carbonyl (C=O) groups is 2. The molecular formula is C16H10ClFN2O3S. The van der Waals surface area contributed by atoms with Gasteiger partial charge < -0.3 is 4.42 Å². The highest BCUT2D eigenvalue weighted by Gasteiger charge is 2.26. The zero-order chi connectivity index (χ0) is 17.3. The second-order valence-electron chi connectivity index (χ2n) is 4.95.